The van der Waals surface area contributed by atoms with Gasteiger partial charge < -0.3 is 30.9 Å². The first-order chi connectivity index (χ1) is 16.4. The first kappa shape index (κ1) is 25.3. The maximum absolute atomic E-state index is 12.2. The molecule has 0 saturated heterocycles. The van der Waals surface area contributed by atoms with Crippen LogP contribution in [-0.4, -0.2) is 42.3 Å². The van der Waals surface area contributed by atoms with Gasteiger partial charge in [0.1, 0.15) is 0 Å². The Morgan fingerprint density at radius 3 is 2.68 bits per heavy atom. The van der Waals surface area contributed by atoms with E-state index in [0.29, 0.717) is 47.2 Å². The zero-order valence-corrected chi connectivity index (χ0v) is 20.3. The fourth-order valence-electron chi connectivity index (χ4n) is 3.89. The van der Waals surface area contributed by atoms with Crippen LogP contribution in [0.5, 0.6) is 11.5 Å². The Hall–Kier alpha value is -3.36. The summed E-state index contributed by atoms with van der Waals surface area (Å²) in [5.74, 6) is 0.530. The standard InChI is InChI=1S/C26H34N4O4/c1-5-18-17(15-31)8-6-9-21(18)30-25-19-12-23(33-4)24(34-11-7-10-28-16(2)3)13-22(19)29-14-20(25)26(27)32/h6,8-9,12-14,16,28,31H,5,7,10-11,15H2,1-4H3,(H2,27,32)(H,29,30). The molecular weight excluding hydrogens is 432 g/mol. The molecule has 182 valence electrons. The minimum absolute atomic E-state index is 0.0698. The predicted octanol–water partition coefficient (Wildman–Crippen LogP) is 3.91. The van der Waals surface area contributed by atoms with Crippen molar-refractivity contribution in [1.29, 1.82) is 0 Å². The number of nitrogens with one attached hydrogen (secondary N) is 2. The number of benzene rings is 2. The molecule has 0 fully saturated rings. The summed E-state index contributed by atoms with van der Waals surface area (Å²) < 4.78 is 11.6. The second kappa shape index (κ2) is 11.7. The number of hydrogen-bond donors (Lipinski definition) is 4. The lowest BCUT2D eigenvalue weighted by molar-refractivity contribution is 0.100. The number of hydrogen-bond acceptors (Lipinski definition) is 7. The number of aliphatic hydroxyl groups is 1. The Morgan fingerprint density at radius 2 is 2.03 bits per heavy atom. The Morgan fingerprint density at radius 1 is 1.24 bits per heavy atom. The fraction of sp³-hybridized carbons (Fsp3) is 0.385. The van der Waals surface area contributed by atoms with Crippen molar-refractivity contribution in [2.75, 3.05) is 25.6 Å². The van der Waals surface area contributed by atoms with E-state index in [9.17, 15) is 9.90 Å². The van der Waals surface area contributed by atoms with Crippen LogP contribution in [0.25, 0.3) is 10.9 Å². The summed E-state index contributed by atoms with van der Waals surface area (Å²) in [6.07, 6.45) is 3.03. The zero-order valence-electron chi connectivity index (χ0n) is 20.3. The molecule has 0 aliphatic rings. The number of carbonyl (C=O) groups excluding carboxylic acids is 1. The number of ether oxygens (including phenoxy) is 2. The van der Waals surface area contributed by atoms with Crippen LogP contribution in [-0.2, 0) is 13.0 Å². The summed E-state index contributed by atoms with van der Waals surface area (Å²) >= 11 is 0. The monoisotopic (exact) mass is 466 g/mol. The lowest BCUT2D eigenvalue weighted by Crippen LogP contribution is -2.24. The Bertz CT molecular complexity index is 1150. The van der Waals surface area contributed by atoms with Gasteiger partial charge in [0.25, 0.3) is 5.91 Å². The summed E-state index contributed by atoms with van der Waals surface area (Å²) in [6.45, 7) is 7.54. The molecule has 0 saturated carbocycles. The van der Waals surface area contributed by atoms with Crippen molar-refractivity contribution in [2.45, 2.75) is 46.3 Å². The van der Waals surface area contributed by atoms with E-state index < -0.39 is 5.91 Å². The predicted molar refractivity (Wildman–Crippen MR) is 135 cm³/mol. The highest BCUT2D eigenvalue weighted by Gasteiger charge is 2.18. The smallest absolute Gasteiger partial charge is 0.252 e. The van der Waals surface area contributed by atoms with Gasteiger partial charge in [0.05, 0.1) is 37.1 Å². The number of aromatic nitrogens is 1. The second-order valence-electron chi connectivity index (χ2n) is 8.32. The first-order valence-electron chi connectivity index (χ1n) is 11.5. The highest BCUT2D eigenvalue weighted by atomic mass is 16.5. The van der Waals surface area contributed by atoms with Gasteiger partial charge in [-0.2, -0.15) is 0 Å². The summed E-state index contributed by atoms with van der Waals surface area (Å²) in [6, 6.07) is 9.70. The third-order valence-electron chi connectivity index (χ3n) is 5.61. The van der Waals surface area contributed by atoms with Crippen molar-refractivity contribution in [1.82, 2.24) is 10.3 Å². The van der Waals surface area contributed by atoms with Crippen LogP contribution in [0, 0.1) is 0 Å². The highest BCUT2D eigenvalue weighted by molar-refractivity contribution is 6.08. The molecule has 8 heteroatoms. The van der Waals surface area contributed by atoms with E-state index in [-0.39, 0.29) is 12.2 Å². The number of amides is 1. The number of anilines is 2. The zero-order chi connectivity index (χ0) is 24.7. The fourth-order valence-corrected chi connectivity index (χ4v) is 3.89. The number of rotatable bonds is 12. The highest BCUT2D eigenvalue weighted by Crippen LogP contribution is 2.38. The van der Waals surface area contributed by atoms with Crippen LogP contribution in [0.2, 0.25) is 0 Å². The SMILES string of the molecule is CCc1c(CO)cccc1Nc1c(C(N)=O)cnc2cc(OCCCNC(C)C)c(OC)cc12. The number of fused-ring (bicyclic) bond motifs is 1. The van der Waals surface area contributed by atoms with Crippen molar-refractivity contribution in [2.24, 2.45) is 5.73 Å². The largest absolute Gasteiger partial charge is 0.493 e. The van der Waals surface area contributed by atoms with Crippen molar-refractivity contribution < 1.29 is 19.4 Å². The van der Waals surface area contributed by atoms with Crippen molar-refractivity contribution >= 4 is 28.2 Å². The van der Waals surface area contributed by atoms with Crippen molar-refractivity contribution in [3.63, 3.8) is 0 Å². The van der Waals surface area contributed by atoms with Gasteiger partial charge in [0.2, 0.25) is 0 Å². The molecule has 1 heterocycles. The molecule has 0 spiro atoms. The average molecular weight is 467 g/mol. The molecule has 3 aromatic rings. The quantitative estimate of drug-likeness (QED) is 0.299. The number of nitrogens with zero attached hydrogens (tertiary/aromatic N) is 1. The van der Waals surface area contributed by atoms with Crippen LogP contribution in [0.15, 0.2) is 36.5 Å². The molecule has 0 bridgehead atoms. The maximum Gasteiger partial charge on any atom is 0.252 e. The average Bonchev–Trinajstić information content (AvgIpc) is 2.82. The first-order valence-corrected chi connectivity index (χ1v) is 11.5. The molecule has 2 aromatic carbocycles. The second-order valence-corrected chi connectivity index (χ2v) is 8.32. The molecule has 5 N–H and O–H groups in total. The molecule has 34 heavy (non-hydrogen) atoms. The minimum Gasteiger partial charge on any atom is -0.493 e. The Balaban J connectivity index is 2.02. The van der Waals surface area contributed by atoms with Crippen LogP contribution in [0.3, 0.4) is 0 Å². The van der Waals surface area contributed by atoms with Crippen LogP contribution < -0.4 is 25.8 Å². The van der Waals surface area contributed by atoms with Gasteiger partial charge in [0, 0.05) is 29.4 Å². The van der Waals surface area contributed by atoms with E-state index in [4.69, 9.17) is 15.2 Å². The van der Waals surface area contributed by atoms with Gasteiger partial charge in [-0.1, -0.05) is 32.9 Å². The minimum atomic E-state index is -0.592. The van der Waals surface area contributed by atoms with Crippen LogP contribution >= 0.6 is 0 Å². The third kappa shape index (κ3) is 5.76. The number of aliphatic hydroxyl groups excluding tert-OH is 1. The summed E-state index contributed by atoms with van der Waals surface area (Å²) in [5, 5.41) is 17.2. The molecule has 1 amide bonds. The normalized spacial score (nSPS) is 11.1. The number of carbonyl (C=O) groups is 1. The lowest BCUT2D eigenvalue weighted by atomic mass is 10.0. The van der Waals surface area contributed by atoms with E-state index in [1.807, 2.05) is 31.2 Å². The van der Waals surface area contributed by atoms with Crippen LogP contribution in [0.1, 0.15) is 48.7 Å². The van der Waals surface area contributed by atoms with Gasteiger partial charge in [-0.15, -0.1) is 0 Å². The van der Waals surface area contributed by atoms with E-state index in [1.165, 1.54) is 6.20 Å². The van der Waals surface area contributed by atoms with Gasteiger partial charge in [0.15, 0.2) is 11.5 Å². The molecule has 1 aromatic heterocycles. The van der Waals surface area contributed by atoms with Gasteiger partial charge in [-0.05, 0) is 42.6 Å². The number of nitrogens with two attached hydrogens (primary N) is 1. The molecular formula is C26H34N4O4. The molecule has 3 rings (SSSR count). The Kier molecular flexibility index (Phi) is 8.67. The number of primary amides is 1. The third-order valence-corrected chi connectivity index (χ3v) is 5.61. The Labute approximate surface area is 200 Å². The molecule has 0 atom stereocenters. The van der Waals surface area contributed by atoms with E-state index in [1.54, 1.807) is 13.2 Å². The van der Waals surface area contributed by atoms with Gasteiger partial charge >= 0.3 is 0 Å². The van der Waals surface area contributed by atoms with Crippen molar-refractivity contribution in [3.05, 3.63) is 53.2 Å². The molecule has 0 aliphatic heterocycles. The van der Waals surface area contributed by atoms with E-state index in [2.05, 4.69) is 29.5 Å². The topological polar surface area (TPSA) is 119 Å². The molecule has 0 radical (unpaired) electrons. The van der Waals surface area contributed by atoms with Crippen molar-refractivity contribution in [3.8, 4) is 11.5 Å². The number of pyridine rings is 1. The summed E-state index contributed by atoms with van der Waals surface area (Å²) in [5.41, 5.74) is 9.70. The lowest BCUT2D eigenvalue weighted by Gasteiger charge is -2.19. The van der Waals surface area contributed by atoms with E-state index >= 15 is 0 Å². The molecule has 8 nitrogen and oxygen atoms in total. The van der Waals surface area contributed by atoms with E-state index in [0.717, 1.165) is 29.8 Å². The van der Waals surface area contributed by atoms with Gasteiger partial charge in [-0.3, -0.25) is 9.78 Å². The number of methoxy groups -OCH3 is 1. The molecule has 0 unspecified atom stereocenters. The molecule has 0 aliphatic carbocycles. The van der Waals surface area contributed by atoms with Gasteiger partial charge in [-0.25, -0.2) is 0 Å². The summed E-state index contributed by atoms with van der Waals surface area (Å²) in [4.78, 5) is 16.7. The van der Waals surface area contributed by atoms with Crippen LogP contribution in [0.4, 0.5) is 11.4 Å². The summed E-state index contributed by atoms with van der Waals surface area (Å²) in [7, 11) is 1.58. The maximum atomic E-state index is 12.2.